The van der Waals surface area contributed by atoms with Crippen molar-refractivity contribution in [1.29, 1.82) is 0 Å². The van der Waals surface area contributed by atoms with Gasteiger partial charge in [0, 0.05) is 12.5 Å². The summed E-state index contributed by atoms with van der Waals surface area (Å²) in [6.45, 7) is 8.74. The van der Waals surface area contributed by atoms with Crippen molar-refractivity contribution in [2.24, 2.45) is 5.92 Å². The van der Waals surface area contributed by atoms with Gasteiger partial charge < -0.3 is 10.1 Å². The molecule has 2 rings (SSSR count). The first-order chi connectivity index (χ1) is 8.65. The van der Waals surface area contributed by atoms with E-state index in [9.17, 15) is 0 Å². The summed E-state index contributed by atoms with van der Waals surface area (Å²) < 4.78 is 5.52. The molecule has 2 nitrogen and oxygen atoms in total. The van der Waals surface area contributed by atoms with Gasteiger partial charge >= 0.3 is 0 Å². The average Bonchev–Trinajstić information content (AvgIpc) is 2.75. The zero-order chi connectivity index (χ0) is 13.0. The summed E-state index contributed by atoms with van der Waals surface area (Å²) in [6, 6.07) is 7.23. The van der Waals surface area contributed by atoms with E-state index >= 15 is 0 Å². The fraction of sp³-hybridized carbons (Fsp3) is 0.625. The van der Waals surface area contributed by atoms with E-state index in [1.54, 1.807) is 0 Å². The molecule has 0 fully saturated rings. The van der Waals surface area contributed by atoms with Crippen LogP contribution >= 0.6 is 0 Å². The quantitative estimate of drug-likeness (QED) is 0.833. The monoisotopic (exact) mass is 247 g/mol. The van der Waals surface area contributed by atoms with Crippen LogP contribution in [0, 0.1) is 5.92 Å². The Morgan fingerprint density at radius 1 is 1.28 bits per heavy atom. The van der Waals surface area contributed by atoms with Crippen LogP contribution in [0.1, 0.15) is 38.3 Å². The van der Waals surface area contributed by atoms with E-state index in [2.05, 4.69) is 44.3 Å². The Kier molecular flexibility index (Phi) is 4.65. The van der Waals surface area contributed by atoms with Gasteiger partial charge in [0.05, 0.1) is 6.61 Å². The predicted molar refractivity (Wildman–Crippen MR) is 76.3 cm³/mol. The molecule has 1 unspecified atom stereocenters. The highest BCUT2D eigenvalue weighted by Gasteiger charge is 2.11. The number of benzene rings is 1. The zero-order valence-electron chi connectivity index (χ0n) is 11.8. The maximum Gasteiger partial charge on any atom is 0.122 e. The molecule has 0 saturated heterocycles. The Bertz CT molecular complexity index is 387. The highest BCUT2D eigenvalue weighted by atomic mass is 16.5. The molecule has 1 aromatic rings. The molecular weight excluding hydrogens is 222 g/mol. The first kappa shape index (κ1) is 13.4. The lowest BCUT2D eigenvalue weighted by molar-refractivity contribution is 0.357. The van der Waals surface area contributed by atoms with Crippen molar-refractivity contribution in [2.45, 2.75) is 46.1 Å². The third kappa shape index (κ3) is 3.74. The summed E-state index contributed by atoms with van der Waals surface area (Å²) >= 11 is 0. The Morgan fingerprint density at radius 3 is 2.89 bits per heavy atom. The minimum atomic E-state index is 0.614. The van der Waals surface area contributed by atoms with Crippen molar-refractivity contribution >= 4 is 0 Å². The van der Waals surface area contributed by atoms with Gasteiger partial charge in [-0.05, 0) is 49.4 Å². The van der Waals surface area contributed by atoms with Crippen molar-refractivity contribution in [3.63, 3.8) is 0 Å². The van der Waals surface area contributed by atoms with Crippen molar-refractivity contribution in [3.05, 3.63) is 29.3 Å². The molecule has 0 radical (unpaired) electrons. The lowest BCUT2D eigenvalue weighted by atomic mass is 10.0. The van der Waals surface area contributed by atoms with Crippen molar-refractivity contribution < 1.29 is 4.74 Å². The zero-order valence-corrected chi connectivity index (χ0v) is 11.8. The van der Waals surface area contributed by atoms with Crippen LogP contribution in [-0.4, -0.2) is 19.2 Å². The SMILES string of the molecule is CC(C)CC(C)NCCc1ccc2c(c1)CCO2. The van der Waals surface area contributed by atoms with E-state index in [-0.39, 0.29) is 0 Å². The van der Waals surface area contributed by atoms with Gasteiger partial charge in [0.1, 0.15) is 5.75 Å². The smallest absolute Gasteiger partial charge is 0.122 e. The van der Waals surface area contributed by atoms with Crippen molar-refractivity contribution in [3.8, 4) is 5.75 Å². The van der Waals surface area contributed by atoms with Gasteiger partial charge in [-0.25, -0.2) is 0 Å². The summed E-state index contributed by atoms with van der Waals surface area (Å²) in [5.74, 6) is 1.85. The van der Waals surface area contributed by atoms with Gasteiger partial charge in [-0.1, -0.05) is 26.0 Å². The fourth-order valence-electron chi connectivity index (χ4n) is 2.65. The Morgan fingerprint density at radius 2 is 2.11 bits per heavy atom. The third-order valence-electron chi connectivity index (χ3n) is 3.49. The molecule has 0 aliphatic carbocycles. The molecule has 0 bridgehead atoms. The van der Waals surface area contributed by atoms with Crippen molar-refractivity contribution in [1.82, 2.24) is 5.32 Å². The van der Waals surface area contributed by atoms with Crippen LogP contribution in [0.25, 0.3) is 0 Å². The minimum absolute atomic E-state index is 0.614. The summed E-state index contributed by atoms with van der Waals surface area (Å²) in [5.41, 5.74) is 2.80. The summed E-state index contributed by atoms with van der Waals surface area (Å²) in [7, 11) is 0. The molecular formula is C16H25NO. The minimum Gasteiger partial charge on any atom is -0.493 e. The van der Waals surface area contributed by atoms with Crippen LogP contribution in [0.2, 0.25) is 0 Å². The Hall–Kier alpha value is -1.02. The summed E-state index contributed by atoms with van der Waals surface area (Å²) in [4.78, 5) is 0. The highest BCUT2D eigenvalue weighted by Crippen LogP contribution is 2.25. The molecule has 18 heavy (non-hydrogen) atoms. The van der Waals surface area contributed by atoms with E-state index in [0.717, 1.165) is 37.7 Å². The van der Waals surface area contributed by atoms with Crippen LogP contribution in [0.15, 0.2) is 18.2 Å². The molecule has 0 aromatic heterocycles. The lowest BCUT2D eigenvalue weighted by Crippen LogP contribution is -2.29. The van der Waals surface area contributed by atoms with Gasteiger partial charge in [-0.2, -0.15) is 0 Å². The third-order valence-corrected chi connectivity index (χ3v) is 3.49. The maximum atomic E-state index is 5.52. The van der Waals surface area contributed by atoms with Gasteiger partial charge in [-0.3, -0.25) is 0 Å². The maximum absolute atomic E-state index is 5.52. The van der Waals surface area contributed by atoms with Crippen LogP contribution < -0.4 is 10.1 Å². The number of fused-ring (bicyclic) bond motifs is 1. The molecule has 0 amide bonds. The second kappa shape index (κ2) is 6.24. The van der Waals surface area contributed by atoms with E-state index in [1.165, 1.54) is 17.5 Å². The molecule has 1 atom stereocenters. The highest BCUT2D eigenvalue weighted by molar-refractivity contribution is 5.39. The normalized spacial score (nSPS) is 15.6. The summed E-state index contributed by atoms with van der Waals surface area (Å²) in [5, 5.41) is 3.60. The predicted octanol–water partition coefficient (Wildman–Crippen LogP) is 3.19. The molecule has 2 heteroatoms. The molecule has 1 N–H and O–H groups in total. The van der Waals surface area contributed by atoms with Crippen LogP contribution in [-0.2, 0) is 12.8 Å². The lowest BCUT2D eigenvalue weighted by Gasteiger charge is -2.15. The number of ether oxygens (including phenoxy) is 1. The molecule has 1 aromatic carbocycles. The number of rotatable bonds is 6. The van der Waals surface area contributed by atoms with Crippen LogP contribution in [0.3, 0.4) is 0 Å². The van der Waals surface area contributed by atoms with Gasteiger partial charge in [-0.15, -0.1) is 0 Å². The molecule has 1 aliphatic rings. The van der Waals surface area contributed by atoms with E-state index in [4.69, 9.17) is 4.74 Å². The Labute approximate surface area is 111 Å². The van der Waals surface area contributed by atoms with Crippen molar-refractivity contribution in [2.75, 3.05) is 13.2 Å². The standard InChI is InChI=1S/C16H25NO/c1-12(2)10-13(3)17-8-6-14-4-5-16-15(11-14)7-9-18-16/h4-5,11-13,17H,6-10H2,1-3H3. The van der Waals surface area contributed by atoms with Crippen LogP contribution in [0.4, 0.5) is 0 Å². The van der Waals surface area contributed by atoms with E-state index in [0.29, 0.717) is 6.04 Å². The molecule has 0 spiro atoms. The average molecular weight is 247 g/mol. The second-order valence-electron chi connectivity index (χ2n) is 5.78. The number of hydrogen-bond acceptors (Lipinski definition) is 2. The molecule has 1 heterocycles. The molecule has 1 aliphatic heterocycles. The largest absolute Gasteiger partial charge is 0.493 e. The van der Waals surface area contributed by atoms with Crippen LogP contribution in [0.5, 0.6) is 5.75 Å². The first-order valence-corrected chi connectivity index (χ1v) is 7.13. The first-order valence-electron chi connectivity index (χ1n) is 7.13. The number of nitrogens with one attached hydrogen (secondary N) is 1. The second-order valence-corrected chi connectivity index (χ2v) is 5.78. The van der Waals surface area contributed by atoms with Gasteiger partial charge in [0.25, 0.3) is 0 Å². The van der Waals surface area contributed by atoms with E-state index in [1.807, 2.05) is 0 Å². The topological polar surface area (TPSA) is 21.3 Å². The van der Waals surface area contributed by atoms with E-state index < -0.39 is 0 Å². The van der Waals surface area contributed by atoms with Gasteiger partial charge in [0.15, 0.2) is 0 Å². The number of hydrogen-bond donors (Lipinski definition) is 1. The fourth-order valence-corrected chi connectivity index (χ4v) is 2.65. The summed E-state index contributed by atoms with van der Waals surface area (Å²) in [6.07, 6.45) is 3.42. The molecule has 0 saturated carbocycles. The Balaban J connectivity index is 1.77. The van der Waals surface area contributed by atoms with Gasteiger partial charge in [0.2, 0.25) is 0 Å². The molecule has 100 valence electrons.